The molecule has 0 bridgehead atoms. The number of halogens is 1. The molecule has 0 atom stereocenters. The van der Waals surface area contributed by atoms with E-state index < -0.39 is 0 Å². The standard InChI is InChI=1S/C19H34N.ClH/c1-3-5-6-7-8-9-10-11-12-16-20-17-14-19(13-4-2)15-18-20;/h14-15,17-18H,3-13,16H2,1-2H3;1H/q+1;/p-1. The van der Waals surface area contributed by atoms with Crippen molar-refractivity contribution in [3.63, 3.8) is 0 Å². The number of hydrogen-bond acceptors (Lipinski definition) is 0. The summed E-state index contributed by atoms with van der Waals surface area (Å²) in [5, 5.41) is 0. The van der Waals surface area contributed by atoms with Gasteiger partial charge in [0.2, 0.25) is 0 Å². The van der Waals surface area contributed by atoms with E-state index in [1.165, 1.54) is 82.7 Å². The molecule has 1 aromatic rings. The first-order valence-corrected chi connectivity index (χ1v) is 8.84. The Hall–Kier alpha value is -0.560. The van der Waals surface area contributed by atoms with Crippen LogP contribution in [0.3, 0.4) is 0 Å². The molecule has 1 nitrogen and oxygen atoms in total. The van der Waals surface area contributed by atoms with Gasteiger partial charge in [0.05, 0.1) is 0 Å². The summed E-state index contributed by atoms with van der Waals surface area (Å²) in [5.74, 6) is 0. The Morgan fingerprint density at radius 3 is 1.76 bits per heavy atom. The predicted octanol–water partition coefficient (Wildman–Crippen LogP) is 2.46. The van der Waals surface area contributed by atoms with Crippen molar-refractivity contribution >= 4 is 0 Å². The van der Waals surface area contributed by atoms with Crippen LogP contribution in [0.2, 0.25) is 0 Å². The largest absolute Gasteiger partial charge is 1.00 e. The van der Waals surface area contributed by atoms with Crippen molar-refractivity contribution in [3.05, 3.63) is 30.1 Å². The van der Waals surface area contributed by atoms with Crippen molar-refractivity contribution in [2.75, 3.05) is 0 Å². The van der Waals surface area contributed by atoms with Crippen molar-refractivity contribution in [2.24, 2.45) is 0 Å². The van der Waals surface area contributed by atoms with Crippen LogP contribution in [0.5, 0.6) is 0 Å². The first kappa shape index (κ1) is 20.4. The van der Waals surface area contributed by atoms with E-state index in [1.54, 1.807) is 0 Å². The van der Waals surface area contributed by atoms with Crippen LogP contribution < -0.4 is 17.0 Å². The van der Waals surface area contributed by atoms with Crippen molar-refractivity contribution < 1.29 is 17.0 Å². The van der Waals surface area contributed by atoms with Gasteiger partial charge in [-0.3, -0.25) is 0 Å². The average molecular weight is 312 g/mol. The third-order valence-corrected chi connectivity index (χ3v) is 4.02. The van der Waals surface area contributed by atoms with Gasteiger partial charge in [-0.2, -0.15) is 0 Å². The maximum atomic E-state index is 2.33. The van der Waals surface area contributed by atoms with E-state index in [4.69, 9.17) is 0 Å². The minimum atomic E-state index is 0. The zero-order valence-corrected chi connectivity index (χ0v) is 14.9. The normalized spacial score (nSPS) is 10.4. The Morgan fingerprint density at radius 1 is 0.714 bits per heavy atom. The fraction of sp³-hybridized carbons (Fsp3) is 0.737. The topological polar surface area (TPSA) is 3.88 Å². The molecule has 2 heteroatoms. The summed E-state index contributed by atoms with van der Waals surface area (Å²) < 4.78 is 2.33. The van der Waals surface area contributed by atoms with Gasteiger partial charge < -0.3 is 12.4 Å². The zero-order chi connectivity index (χ0) is 14.5. The van der Waals surface area contributed by atoms with Gasteiger partial charge in [0.1, 0.15) is 6.54 Å². The lowest BCUT2D eigenvalue weighted by atomic mass is 10.1. The van der Waals surface area contributed by atoms with Gasteiger partial charge in [-0.1, -0.05) is 65.2 Å². The molecule has 0 saturated carbocycles. The lowest BCUT2D eigenvalue weighted by Crippen LogP contribution is -3.00. The third-order valence-electron chi connectivity index (χ3n) is 4.02. The first-order valence-electron chi connectivity index (χ1n) is 8.84. The SMILES string of the molecule is CCCCCCCCCCC[n+]1ccc(CCC)cc1.[Cl-]. The smallest absolute Gasteiger partial charge is 0.169 e. The lowest BCUT2D eigenvalue weighted by Gasteiger charge is -2.01. The molecule has 0 N–H and O–H groups in total. The molecule has 0 aromatic carbocycles. The fourth-order valence-electron chi connectivity index (χ4n) is 2.70. The highest BCUT2D eigenvalue weighted by atomic mass is 35.5. The summed E-state index contributed by atoms with van der Waals surface area (Å²) >= 11 is 0. The number of rotatable bonds is 12. The summed E-state index contributed by atoms with van der Waals surface area (Å²) in [6, 6.07) is 4.55. The predicted molar refractivity (Wildman–Crippen MR) is 87.9 cm³/mol. The van der Waals surface area contributed by atoms with Crippen LogP contribution in [0.15, 0.2) is 24.5 Å². The molecular formula is C19H34ClN. The molecule has 1 heterocycles. The zero-order valence-electron chi connectivity index (χ0n) is 14.1. The summed E-state index contributed by atoms with van der Waals surface area (Å²) in [7, 11) is 0. The van der Waals surface area contributed by atoms with Crippen molar-refractivity contribution in [1.29, 1.82) is 0 Å². The van der Waals surface area contributed by atoms with E-state index in [1.807, 2.05) is 0 Å². The van der Waals surface area contributed by atoms with Gasteiger partial charge in [0, 0.05) is 18.6 Å². The van der Waals surface area contributed by atoms with Gasteiger partial charge in [-0.05, 0) is 18.4 Å². The van der Waals surface area contributed by atoms with Crippen LogP contribution in [0.25, 0.3) is 0 Å². The van der Waals surface area contributed by atoms with Gasteiger partial charge in [-0.25, -0.2) is 4.57 Å². The highest BCUT2D eigenvalue weighted by molar-refractivity contribution is 5.06. The van der Waals surface area contributed by atoms with Crippen molar-refractivity contribution in [2.45, 2.75) is 91.0 Å². The van der Waals surface area contributed by atoms with Crippen molar-refractivity contribution in [1.82, 2.24) is 0 Å². The average Bonchev–Trinajstić information content (AvgIpc) is 2.47. The van der Waals surface area contributed by atoms with E-state index in [0.29, 0.717) is 0 Å². The summed E-state index contributed by atoms with van der Waals surface area (Å²) in [6.07, 6.45) is 19.6. The van der Waals surface area contributed by atoms with Gasteiger partial charge in [0.25, 0.3) is 0 Å². The molecule has 122 valence electrons. The molecule has 0 radical (unpaired) electrons. The minimum absolute atomic E-state index is 0. The molecule has 0 aliphatic rings. The van der Waals surface area contributed by atoms with Crippen molar-refractivity contribution in [3.8, 4) is 0 Å². The monoisotopic (exact) mass is 311 g/mol. The number of unbranched alkanes of at least 4 members (excludes halogenated alkanes) is 8. The molecule has 1 aromatic heterocycles. The van der Waals surface area contributed by atoms with E-state index in [-0.39, 0.29) is 12.4 Å². The highest BCUT2D eigenvalue weighted by Gasteiger charge is 2.00. The summed E-state index contributed by atoms with van der Waals surface area (Å²) in [5.41, 5.74) is 1.47. The third kappa shape index (κ3) is 10.8. The quantitative estimate of drug-likeness (QED) is 0.412. The second kappa shape index (κ2) is 14.4. The molecule has 0 aliphatic carbocycles. The second-order valence-electron chi connectivity index (χ2n) is 6.02. The Balaban J connectivity index is 0.00000400. The number of hydrogen-bond donors (Lipinski definition) is 0. The number of nitrogens with zero attached hydrogens (tertiary/aromatic N) is 1. The summed E-state index contributed by atoms with van der Waals surface area (Å²) in [4.78, 5) is 0. The Bertz CT molecular complexity index is 321. The molecule has 1 rings (SSSR count). The van der Waals surface area contributed by atoms with E-state index in [2.05, 4.69) is 42.9 Å². The molecular weight excluding hydrogens is 278 g/mol. The van der Waals surface area contributed by atoms with E-state index in [9.17, 15) is 0 Å². The lowest BCUT2D eigenvalue weighted by molar-refractivity contribution is -0.697. The second-order valence-corrected chi connectivity index (χ2v) is 6.02. The number of aryl methyl sites for hydroxylation is 2. The molecule has 0 amide bonds. The Kier molecular flexibility index (Phi) is 14.0. The van der Waals surface area contributed by atoms with Gasteiger partial charge in [-0.15, -0.1) is 0 Å². The van der Waals surface area contributed by atoms with E-state index in [0.717, 1.165) is 0 Å². The number of aromatic nitrogens is 1. The van der Waals surface area contributed by atoms with Crippen LogP contribution in [0, 0.1) is 0 Å². The molecule has 0 spiro atoms. The maximum Gasteiger partial charge on any atom is 0.169 e. The molecule has 0 aliphatic heterocycles. The van der Waals surface area contributed by atoms with Gasteiger partial charge >= 0.3 is 0 Å². The highest BCUT2D eigenvalue weighted by Crippen LogP contribution is 2.09. The van der Waals surface area contributed by atoms with Crippen LogP contribution >= 0.6 is 0 Å². The minimum Gasteiger partial charge on any atom is -1.00 e. The van der Waals surface area contributed by atoms with Gasteiger partial charge in [0.15, 0.2) is 12.4 Å². The van der Waals surface area contributed by atoms with E-state index >= 15 is 0 Å². The van der Waals surface area contributed by atoms with Crippen LogP contribution in [0.4, 0.5) is 0 Å². The first-order chi connectivity index (χ1) is 9.86. The molecule has 0 unspecified atom stereocenters. The fourth-order valence-corrected chi connectivity index (χ4v) is 2.70. The molecule has 0 saturated heterocycles. The molecule has 21 heavy (non-hydrogen) atoms. The molecule has 0 fully saturated rings. The van der Waals surface area contributed by atoms with Crippen LogP contribution in [0.1, 0.15) is 83.6 Å². The van der Waals surface area contributed by atoms with Crippen LogP contribution in [-0.2, 0) is 13.0 Å². The maximum absolute atomic E-state index is 2.33. The Labute approximate surface area is 138 Å². The summed E-state index contributed by atoms with van der Waals surface area (Å²) in [6.45, 7) is 5.71. The number of pyridine rings is 1. The Morgan fingerprint density at radius 2 is 1.24 bits per heavy atom. The van der Waals surface area contributed by atoms with Crippen LogP contribution in [-0.4, -0.2) is 0 Å².